The van der Waals surface area contributed by atoms with Crippen LogP contribution in [-0.4, -0.2) is 11.8 Å². The molecule has 1 unspecified atom stereocenters. The number of hydrogen-bond donors (Lipinski definition) is 1. The van der Waals surface area contributed by atoms with Gasteiger partial charge in [-0.05, 0) is 24.8 Å². The van der Waals surface area contributed by atoms with Gasteiger partial charge in [-0.3, -0.25) is 4.79 Å². The summed E-state index contributed by atoms with van der Waals surface area (Å²) < 4.78 is 0. The summed E-state index contributed by atoms with van der Waals surface area (Å²) in [6.07, 6.45) is 1.45. The standard InChI is InChI=1S/C15H22ClNO/c1-12(2)9-10-14(18)17-15(3,11-16)13-7-5-4-6-8-13/h4-8,12H,9-11H2,1-3H3,(H,17,18). The minimum Gasteiger partial charge on any atom is -0.346 e. The van der Waals surface area contributed by atoms with Gasteiger partial charge in [0.15, 0.2) is 0 Å². The quantitative estimate of drug-likeness (QED) is 0.783. The highest BCUT2D eigenvalue weighted by Gasteiger charge is 2.27. The number of amides is 1. The molecule has 1 rings (SSSR count). The van der Waals surface area contributed by atoms with E-state index in [-0.39, 0.29) is 5.91 Å². The van der Waals surface area contributed by atoms with E-state index in [1.54, 1.807) is 0 Å². The van der Waals surface area contributed by atoms with E-state index in [4.69, 9.17) is 11.6 Å². The number of rotatable bonds is 6. The van der Waals surface area contributed by atoms with Crippen molar-refractivity contribution in [1.29, 1.82) is 0 Å². The average molecular weight is 268 g/mol. The molecule has 1 N–H and O–H groups in total. The number of alkyl halides is 1. The van der Waals surface area contributed by atoms with Crippen molar-refractivity contribution < 1.29 is 4.79 Å². The smallest absolute Gasteiger partial charge is 0.220 e. The van der Waals surface area contributed by atoms with E-state index in [9.17, 15) is 4.79 Å². The fourth-order valence-corrected chi connectivity index (χ4v) is 2.00. The summed E-state index contributed by atoms with van der Waals surface area (Å²) in [5.41, 5.74) is 0.551. The molecule has 100 valence electrons. The van der Waals surface area contributed by atoms with Gasteiger partial charge >= 0.3 is 0 Å². The van der Waals surface area contributed by atoms with Gasteiger partial charge in [-0.1, -0.05) is 44.2 Å². The Balaban J connectivity index is 2.69. The predicted molar refractivity (Wildman–Crippen MR) is 76.7 cm³/mol. The molecule has 0 fully saturated rings. The van der Waals surface area contributed by atoms with Crippen LogP contribution in [-0.2, 0) is 10.3 Å². The number of hydrogen-bond acceptors (Lipinski definition) is 1. The van der Waals surface area contributed by atoms with E-state index in [2.05, 4.69) is 19.2 Å². The van der Waals surface area contributed by atoms with Crippen LogP contribution in [0.5, 0.6) is 0 Å². The molecule has 0 spiro atoms. The van der Waals surface area contributed by atoms with Gasteiger partial charge in [0.1, 0.15) is 0 Å². The van der Waals surface area contributed by atoms with Crippen molar-refractivity contribution in [3.8, 4) is 0 Å². The van der Waals surface area contributed by atoms with Gasteiger partial charge in [0.2, 0.25) is 5.91 Å². The zero-order chi connectivity index (χ0) is 13.6. The molecule has 1 aromatic carbocycles. The molecule has 3 heteroatoms. The van der Waals surface area contributed by atoms with Gasteiger partial charge in [0, 0.05) is 12.3 Å². The average Bonchev–Trinajstić information content (AvgIpc) is 2.37. The summed E-state index contributed by atoms with van der Waals surface area (Å²) in [5.74, 6) is 0.968. The van der Waals surface area contributed by atoms with E-state index in [0.717, 1.165) is 12.0 Å². The van der Waals surface area contributed by atoms with Crippen LogP contribution in [0.15, 0.2) is 30.3 Å². The van der Waals surface area contributed by atoms with Crippen LogP contribution in [0.25, 0.3) is 0 Å². The lowest BCUT2D eigenvalue weighted by Gasteiger charge is -2.29. The third-order valence-corrected chi connectivity index (χ3v) is 3.58. The maximum Gasteiger partial charge on any atom is 0.220 e. The molecular formula is C15H22ClNO. The first-order valence-electron chi connectivity index (χ1n) is 6.40. The number of nitrogens with one attached hydrogen (secondary N) is 1. The van der Waals surface area contributed by atoms with Crippen molar-refractivity contribution in [3.05, 3.63) is 35.9 Å². The molecule has 0 aliphatic carbocycles. The zero-order valence-electron chi connectivity index (χ0n) is 11.4. The Bertz CT molecular complexity index is 377. The molecule has 0 aliphatic heterocycles. The zero-order valence-corrected chi connectivity index (χ0v) is 12.1. The SMILES string of the molecule is CC(C)CCC(=O)NC(C)(CCl)c1ccccc1. The Labute approximate surface area is 115 Å². The van der Waals surface area contributed by atoms with E-state index in [1.807, 2.05) is 37.3 Å². The monoisotopic (exact) mass is 267 g/mol. The molecule has 0 radical (unpaired) electrons. The summed E-state index contributed by atoms with van der Waals surface area (Å²) in [6.45, 7) is 6.19. The highest BCUT2D eigenvalue weighted by molar-refractivity contribution is 6.18. The lowest BCUT2D eigenvalue weighted by molar-refractivity contribution is -0.123. The van der Waals surface area contributed by atoms with Crippen LogP contribution in [0.1, 0.15) is 39.2 Å². The second-order valence-electron chi connectivity index (χ2n) is 5.31. The van der Waals surface area contributed by atoms with Crippen molar-refractivity contribution in [3.63, 3.8) is 0 Å². The Kier molecular flexibility index (Phi) is 5.67. The van der Waals surface area contributed by atoms with E-state index in [0.29, 0.717) is 18.2 Å². The predicted octanol–water partition coefficient (Wildman–Crippen LogP) is 3.69. The van der Waals surface area contributed by atoms with Crippen molar-refractivity contribution >= 4 is 17.5 Å². The van der Waals surface area contributed by atoms with Crippen LogP contribution < -0.4 is 5.32 Å². The third kappa shape index (κ3) is 4.34. The first kappa shape index (κ1) is 15.0. The minimum absolute atomic E-state index is 0.0655. The summed E-state index contributed by atoms with van der Waals surface area (Å²) in [6, 6.07) is 9.86. The van der Waals surface area contributed by atoms with Crippen LogP contribution >= 0.6 is 11.6 Å². The molecule has 18 heavy (non-hydrogen) atoms. The fourth-order valence-electron chi connectivity index (χ4n) is 1.78. The maximum absolute atomic E-state index is 11.9. The second-order valence-corrected chi connectivity index (χ2v) is 5.58. The van der Waals surface area contributed by atoms with Crippen molar-refractivity contribution in [2.24, 2.45) is 5.92 Å². The number of carbonyl (C=O) groups excluding carboxylic acids is 1. The summed E-state index contributed by atoms with van der Waals surface area (Å²) >= 11 is 6.04. The molecule has 2 nitrogen and oxygen atoms in total. The first-order chi connectivity index (χ1) is 8.48. The lowest BCUT2D eigenvalue weighted by Crippen LogP contribution is -2.45. The van der Waals surface area contributed by atoms with Crippen LogP contribution in [0.4, 0.5) is 0 Å². The molecule has 0 aromatic heterocycles. The molecular weight excluding hydrogens is 246 g/mol. The van der Waals surface area contributed by atoms with Gasteiger partial charge in [0.05, 0.1) is 5.54 Å². The minimum atomic E-state index is -0.489. The maximum atomic E-state index is 11.9. The molecule has 0 heterocycles. The van der Waals surface area contributed by atoms with Gasteiger partial charge in [-0.25, -0.2) is 0 Å². The number of halogens is 1. The number of carbonyl (C=O) groups is 1. The second kappa shape index (κ2) is 6.79. The Morgan fingerprint density at radius 1 is 1.33 bits per heavy atom. The van der Waals surface area contributed by atoms with Crippen LogP contribution in [0, 0.1) is 5.92 Å². The summed E-state index contributed by atoms with van der Waals surface area (Å²) in [5, 5.41) is 3.04. The first-order valence-corrected chi connectivity index (χ1v) is 6.94. The highest BCUT2D eigenvalue weighted by atomic mass is 35.5. The van der Waals surface area contributed by atoms with E-state index >= 15 is 0 Å². The van der Waals surface area contributed by atoms with Crippen LogP contribution in [0.3, 0.4) is 0 Å². The molecule has 1 amide bonds. The van der Waals surface area contributed by atoms with E-state index in [1.165, 1.54) is 0 Å². The topological polar surface area (TPSA) is 29.1 Å². The molecule has 0 saturated carbocycles. The van der Waals surface area contributed by atoms with E-state index < -0.39 is 5.54 Å². The van der Waals surface area contributed by atoms with Gasteiger partial charge in [-0.2, -0.15) is 0 Å². The van der Waals surface area contributed by atoms with Crippen molar-refractivity contribution in [1.82, 2.24) is 5.32 Å². The van der Waals surface area contributed by atoms with Gasteiger partial charge in [-0.15, -0.1) is 11.6 Å². The van der Waals surface area contributed by atoms with Crippen molar-refractivity contribution in [2.45, 2.75) is 39.2 Å². The Morgan fingerprint density at radius 3 is 2.44 bits per heavy atom. The summed E-state index contributed by atoms with van der Waals surface area (Å²) in [4.78, 5) is 11.9. The molecule has 1 atom stereocenters. The molecule has 0 saturated heterocycles. The lowest BCUT2D eigenvalue weighted by atomic mass is 9.93. The number of benzene rings is 1. The molecule has 0 bridgehead atoms. The van der Waals surface area contributed by atoms with Gasteiger partial charge in [0.25, 0.3) is 0 Å². The summed E-state index contributed by atoms with van der Waals surface area (Å²) in [7, 11) is 0. The molecule has 1 aromatic rings. The van der Waals surface area contributed by atoms with Gasteiger partial charge < -0.3 is 5.32 Å². The third-order valence-electron chi connectivity index (χ3n) is 3.04. The highest BCUT2D eigenvalue weighted by Crippen LogP contribution is 2.22. The Morgan fingerprint density at radius 2 is 1.94 bits per heavy atom. The Hall–Kier alpha value is -1.02. The van der Waals surface area contributed by atoms with Crippen LogP contribution in [0.2, 0.25) is 0 Å². The fraction of sp³-hybridized carbons (Fsp3) is 0.533. The largest absolute Gasteiger partial charge is 0.346 e. The molecule has 0 aliphatic rings. The normalized spacial score (nSPS) is 14.3. The van der Waals surface area contributed by atoms with Crippen molar-refractivity contribution in [2.75, 3.05) is 5.88 Å².